The molecule has 0 bridgehead atoms. The van der Waals surface area contributed by atoms with Gasteiger partial charge in [-0.15, -0.1) is 0 Å². The van der Waals surface area contributed by atoms with Crippen LogP contribution < -0.4 is 5.56 Å². The maximum absolute atomic E-state index is 12.2. The monoisotopic (exact) mass is 326 g/mol. The SMILES string of the molecule is O=c1[nH]c(CN2CCC[C@H]2CN2CCCCC2)nc2ccccc12. The molecule has 1 aromatic heterocycles. The molecule has 5 nitrogen and oxygen atoms in total. The van der Waals surface area contributed by atoms with Gasteiger partial charge < -0.3 is 9.88 Å². The molecule has 2 aliphatic heterocycles. The van der Waals surface area contributed by atoms with Crippen LogP contribution in [0.2, 0.25) is 0 Å². The molecule has 4 rings (SSSR count). The van der Waals surface area contributed by atoms with Crippen molar-refractivity contribution in [2.45, 2.75) is 44.7 Å². The van der Waals surface area contributed by atoms with E-state index in [-0.39, 0.29) is 5.56 Å². The third kappa shape index (κ3) is 3.37. The Kier molecular flexibility index (Phi) is 4.63. The van der Waals surface area contributed by atoms with Crippen molar-refractivity contribution in [2.75, 3.05) is 26.2 Å². The first kappa shape index (κ1) is 15.8. The Morgan fingerprint density at radius 3 is 2.79 bits per heavy atom. The summed E-state index contributed by atoms with van der Waals surface area (Å²) in [5.41, 5.74) is 0.769. The van der Waals surface area contributed by atoms with Crippen LogP contribution in [-0.4, -0.2) is 52.0 Å². The standard InChI is InChI=1S/C19H26N4O/c24-19-16-8-2-3-9-17(16)20-18(21-19)14-23-12-6-7-15(23)13-22-10-4-1-5-11-22/h2-3,8-9,15H,1,4-7,10-14H2,(H,20,21,24)/t15-/m0/s1. The third-order valence-electron chi connectivity index (χ3n) is 5.43. The van der Waals surface area contributed by atoms with Gasteiger partial charge in [0.05, 0.1) is 17.4 Å². The fourth-order valence-corrected chi connectivity index (χ4v) is 4.15. The van der Waals surface area contributed by atoms with Crippen LogP contribution >= 0.6 is 0 Å². The van der Waals surface area contributed by atoms with E-state index in [9.17, 15) is 4.79 Å². The molecule has 128 valence electrons. The lowest BCUT2D eigenvalue weighted by Gasteiger charge is -2.32. The number of rotatable bonds is 4. The predicted octanol–water partition coefficient (Wildman–Crippen LogP) is 2.37. The maximum Gasteiger partial charge on any atom is 0.258 e. The Labute approximate surface area is 142 Å². The number of likely N-dealkylation sites (tertiary alicyclic amines) is 2. The quantitative estimate of drug-likeness (QED) is 0.937. The summed E-state index contributed by atoms with van der Waals surface area (Å²) in [6.45, 7) is 5.51. The molecule has 5 heteroatoms. The van der Waals surface area contributed by atoms with Crippen molar-refractivity contribution in [3.8, 4) is 0 Å². The molecular formula is C19H26N4O. The molecule has 2 saturated heterocycles. The first-order valence-electron chi connectivity index (χ1n) is 9.24. The Morgan fingerprint density at radius 1 is 1.08 bits per heavy atom. The lowest BCUT2D eigenvalue weighted by atomic mass is 10.1. The van der Waals surface area contributed by atoms with E-state index < -0.39 is 0 Å². The van der Waals surface area contributed by atoms with Crippen molar-refractivity contribution >= 4 is 10.9 Å². The van der Waals surface area contributed by atoms with Crippen molar-refractivity contribution in [2.24, 2.45) is 0 Å². The Morgan fingerprint density at radius 2 is 1.92 bits per heavy atom. The van der Waals surface area contributed by atoms with Crippen molar-refractivity contribution in [1.82, 2.24) is 19.8 Å². The average molecular weight is 326 g/mol. The summed E-state index contributed by atoms with van der Waals surface area (Å²) in [7, 11) is 0. The van der Waals surface area contributed by atoms with Crippen molar-refractivity contribution in [3.05, 3.63) is 40.4 Å². The number of nitrogens with one attached hydrogen (secondary N) is 1. The van der Waals surface area contributed by atoms with Crippen molar-refractivity contribution in [3.63, 3.8) is 0 Å². The van der Waals surface area contributed by atoms with Crippen LogP contribution in [0.1, 0.15) is 37.9 Å². The highest BCUT2D eigenvalue weighted by atomic mass is 16.1. The Hall–Kier alpha value is -1.72. The van der Waals surface area contributed by atoms with E-state index >= 15 is 0 Å². The highest BCUT2D eigenvalue weighted by Gasteiger charge is 2.27. The third-order valence-corrected chi connectivity index (χ3v) is 5.43. The Bertz CT molecular complexity index is 750. The average Bonchev–Trinajstić information content (AvgIpc) is 3.03. The predicted molar refractivity (Wildman–Crippen MR) is 96.1 cm³/mol. The van der Waals surface area contributed by atoms with Gasteiger partial charge in [0.1, 0.15) is 5.82 Å². The molecule has 0 aliphatic carbocycles. The number of para-hydroxylation sites is 1. The second-order valence-corrected chi connectivity index (χ2v) is 7.16. The van der Waals surface area contributed by atoms with Crippen molar-refractivity contribution < 1.29 is 0 Å². The molecule has 2 aromatic rings. The summed E-state index contributed by atoms with van der Waals surface area (Å²) in [5.74, 6) is 0.796. The number of piperidine rings is 1. The van der Waals surface area contributed by atoms with E-state index in [0.717, 1.165) is 31.0 Å². The smallest absolute Gasteiger partial charge is 0.258 e. The number of H-pyrrole nitrogens is 1. The van der Waals surface area contributed by atoms with E-state index in [2.05, 4.69) is 19.8 Å². The molecule has 1 aromatic carbocycles. The number of aromatic nitrogens is 2. The number of aromatic amines is 1. The zero-order chi connectivity index (χ0) is 16.4. The summed E-state index contributed by atoms with van der Waals surface area (Å²) >= 11 is 0. The number of fused-ring (bicyclic) bond motifs is 1. The first-order valence-corrected chi connectivity index (χ1v) is 9.24. The molecule has 0 amide bonds. The molecule has 1 N–H and O–H groups in total. The number of benzene rings is 1. The number of hydrogen-bond acceptors (Lipinski definition) is 4. The van der Waals surface area contributed by atoms with Crippen molar-refractivity contribution in [1.29, 1.82) is 0 Å². The molecule has 0 spiro atoms. The first-order chi connectivity index (χ1) is 11.8. The second-order valence-electron chi connectivity index (χ2n) is 7.16. The number of hydrogen-bond donors (Lipinski definition) is 1. The van der Waals surface area contributed by atoms with Crippen LogP contribution in [0.4, 0.5) is 0 Å². The van der Waals surface area contributed by atoms with Gasteiger partial charge in [-0.05, 0) is 57.5 Å². The van der Waals surface area contributed by atoms with Crippen LogP contribution in [0.25, 0.3) is 10.9 Å². The van der Waals surface area contributed by atoms with Gasteiger partial charge in [-0.3, -0.25) is 9.69 Å². The van der Waals surface area contributed by atoms with Crippen LogP contribution in [-0.2, 0) is 6.54 Å². The fraction of sp³-hybridized carbons (Fsp3) is 0.579. The highest BCUT2D eigenvalue weighted by molar-refractivity contribution is 5.77. The minimum Gasteiger partial charge on any atom is -0.309 e. The van der Waals surface area contributed by atoms with E-state index in [4.69, 9.17) is 0 Å². The summed E-state index contributed by atoms with van der Waals surface area (Å²) < 4.78 is 0. The van der Waals surface area contributed by atoms with Crippen LogP contribution in [0.3, 0.4) is 0 Å². The minimum absolute atomic E-state index is 0.0256. The lowest BCUT2D eigenvalue weighted by Crippen LogP contribution is -2.42. The molecule has 1 atom stereocenters. The summed E-state index contributed by atoms with van der Waals surface area (Å²) in [4.78, 5) is 25.0. The summed E-state index contributed by atoms with van der Waals surface area (Å²) in [6.07, 6.45) is 6.57. The molecule has 24 heavy (non-hydrogen) atoms. The molecule has 0 saturated carbocycles. The topological polar surface area (TPSA) is 52.2 Å². The molecule has 2 aliphatic rings. The molecule has 0 unspecified atom stereocenters. The van der Waals surface area contributed by atoms with E-state index in [1.54, 1.807) is 0 Å². The molecule has 3 heterocycles. The maximum atomic E-state index is 12.2. The highest BCUT2D eigenvalue weighted by Crippen LogP contribution is 2.21. The lowest BCUT2D eigenvalue weighted by molar-refractivity contribution is 0.147. The molecular weight excluding hydrogens is 300 g/mol. The van der Waals surface area contributed by atoms with Crippen LogP contribution in [0.15, 0.2) is 29.1 Å². The summed E-state index contributed by atoms with van der Waals surface area (Å²) in [5, 5.41) is 0.674. The molecule has 2 fully saturated rings. The Balaban J connectivity index is 1.48. The normalized spacial score (nSPS) is 23.1. The molecule has 0 radical (unpaired) electrons. The second kappa shape index (κ2) is 7.03. The van der Waals surface area contributed by atoms with E-state index in [0.29, 0.717) is 11.4 Å². The van der Waals surface area contributed by atoms with Gasteiger partial charge in [-0.2, -0.15) is 0 Å². The number of nitrogens with zero attached hydrogens (tertiary/aromatic N) is 3. The zero-order valence-electron chi connectivity index (χ0n) is 14.2. The van der Waals surface area contributed by atoms with Crippen LogP contribution in [0, 0.1) is 0 Å². The fourth-order valence-electron chi connectivity index (χ4n) is 4.15. The van der Waals surface area contributed by atoms with E-state index in [1.807, 2.05) is 24.3 Å². The zero-order valence-corrected chi connectivity index (χ0v) is 14.2. The van der Waals surface area contributed by atoms with Gasteiger partial charge >= 0.3 is 0 Å². The van der Waals surface area contributed by atoms with Crippen LogP contribution in [0.5, 0.6) is 0 Å². The van der Waals surface area contributed by atoms with Gasteiger partial charge in [-0.25, -0.2) is 4.98 Å². The van der Waals surface area contributed by atoms with E-state index in [1.165, 1.54) is 45.2 Å². The van der Waals surface area contributed by atoms with Gasteiger partial charge in [0.15, 0.2) is 0 Å². The summed E-state index contributed by atoms with van der Waals surface area (Å²) in [6, 6.07) is 8.17. The largest absolute Gasteiger partial charge is 0.309 e. The minimum atomic E-state index is -0.0256. The van der Waals surface area contributed by atoms with Gasteiger partial charge in [0.2, 0.25) is 0 Å². The van der Waals surface area contributed by atoms with Gasteiger partial charge in [-0.1, -0.05) is 18.6 Å². The van der Waals surface area contributed by atoms with Gasteiger partial charge in [0.25, 0.3) is 5.56 Å². The van der Waals surface area contributed by atoms with Gasteiger partial charge in [0, 0.05) is 12.6 Å².